The van der Waals surface area contributed by atoms with Gasteiger partial charge in [0.15, 0.2) is 0 Å². The zero-order chi connectivity index (χ0) is 23.3. The van der Waals surface area contributed by atoms with E-state index in [2.05, 4.69) is 15.5 Å². The predicted octanol–water partition coefficient (Wildman–Crippen LogP) is 2.82. The number of benzene rings is 2. The van der Waals surface area contributed by atoms with E-state index >= 15 is 0 Å². The maximum absolute atomic E-state index is 13.2. The molecular formula is C24H27N5O3. The highest BCUT2D eigenvalue weighted by Crippen LogP contribution is 2.24. The second-order valence-electron chi connectivity index (χ2n) is 7.65. The van der Waals surface area contributed by atoms with Crippen molar-refractivity contribution in [3.05, 3.63) is 77.0 Å². The van der Waals surface area contributed by atoms with Crippen LogP contribution in [0.2, 0.25) is 0 Å². The Morgan fingerprint density at radius 2 is 1.91 bits per heavy atom. The molecule has 5 N–H and O–H groups in total. The van der Waals surface area contributed by atoms with Crippen LogP contribution in [-0.4, -0.2) is 41.1 Å². The van der Waals surface area contributed by atoms with E-state index in [0.29, 0.717) is 28.9 Å². The minimum Gasteiger partial charge on any atom is -0.469 e. The normalized spacial score (nSPS) is 12.6. The molecule has 0 aliphatic rings. The lowest BCUT2D eigenvalue weighted by Gasteiger charge is -2.23. The number of nitrogens with zero attached hydrogens (tertiary/aromatic N) is 1. The van der Waals surface area contributed by atoms with E-state index in [4.69, 9.17) is 15.9 Å². The molecule has 0 aliphatic heterocycles. The highest BCUT2D eigenvalue weighted by atomic mass is 16.5. The van der Waals surface area contributed by atoms with Crippen LogP contribution in [0.5, 0.6) is 0 Å². The number of H-pyrrole nitrogens is 1. The number of nitrogens with two attached hydrogens (primary N) is 1. The highest BCUT2D eigenvalue weighted by molar-refractivity contribution is 6.01. The summed E-state index contributed by atoms with van der Waals surface area (Å²) in [5.41, 5.74) is 9.42. The fourth-order valence-corrected chi connectivity index (χ4v) is 3.63. The summed E-state index contributed by atoms with van der Waals surface area (Å²) in [6.07, 6.45) is 0.325. The van der Waals surface area contributed by atoms with Gasteiger partial charge in [0.05, 0.1) is 18.6 Å². The monoisotopic (exact) mass is 433 g/mol. The molecule has 1 amide bonds. The molecular weight excluding hydrogens is 406 g/mol. The number of aromatic amines is 1. The maximum Gasteiger partial charge on any atom is 0.311 e. The third kappa shape index (κ3) is 5.03. The van der Waals surface area contributed by atoms with E-state index in [0.717, 1.165) is 11.1 Å². The zero-order valence-electron chi connectivity index (χ0n) is 18.3. The summed E-state index contributed by atoms with van der Waals surface area (Å²) in [5.74, 6) is -1.43. The molecule has 1 heterocycles. The third-order valence-electron chi connectivity index (χ3n) is 5.38. The van der Waals surface area contributed by atoms with Crippen molar-refractivity contribution in [2.75, 3.05) is 7.11 Å². The molecule has 0 fully saturated rings. The smallest absolute Gasteiger partial charge is 0.311 e. The predicted molar refractivity (Wildman–Crippen MR) is 122 cm³/mol. The van der Waals surface area contributed by atoms with Gasteiger partial charge in [-0.05, 0) is 31.9 Å². The van der Waals surface area contributed by atoms with Gasteiger partial charge in [0, 0.05) is 22.9 Å². The van der Waals surface area contributed by atoms with Crippen molar-refractivity contribution in [1.82, 2.24) is 15.5 Å². The fraction of sp³-hybridized carbons (Fsp3) is 0.250. The van der Waals surface area contributed by atoms with Crippen molar-refractivity contribution in [2.24, 2.45) is 11.7 Å². The minimum atomic E-state index is -0.626. The van der Waals surface area contributed by atoms with E-state index < -0.39 is 17.9 Å². The average Bonchev–Trinajstić information content (AvgIpc) is 3.19. The number of aromatic nitrogens is 2. The van der Waals surface area contributed by atoms with Gasteiger partial charge in [-0.15, -0.1) is 0 Å². The number of hydrogen-bond donors (Lipinski definition) is 4. The summed E-state index contributed by atoms with van der Waals surface area (Å²) >= 11 is 0. The first kappa shape index (κ1) is 22.7. The number of amidine groups is 1. The fourth-order valence-electron chi connectivity index (χ4n) is 3.63. The Balaban J connectivity index is 1.83. The van der Waals surface area contributed by atoms with Gasteiger partial charge in [-0.3, -0.25) is 20.1 Å². The van der Waals surface area contributed by atoms with E-state index in [9.17, 15) is 9.59 Å². The number of esters is 1. The SMILES string of the molecule is COC(=O)C(Cc1cccc(C(=N)N)c1)C(C)NC(=O)c1c(-c2ccccc2)n[nH]c1C. The molecule has 166 valence electrons. The molecule has 0 radical (unpaired) electrons. The van der Waals surface area contributed by atoms with Gasteiger partial charge in [0.1, 0.15) is 11.5 Å². The van der Waals surface area contributed by atoms with Crippen molar-refractivity contribution >= 4 is 17.7 Å². The number of ether oxygens (including phenoxy) is 1. The molecule has 0 aliphatic carbocycles. The first-order chi connectivity index (χ1) is 15.3. The van der Waals surface area contributed by atoms with E-state index in [1.165, 1.54) is 7.11 Å². The largest absolute Gasteiger partial charge is 0.469 e. The van der Waals surface area contributed by atoms with Crippen LogP contribution in [0.1, 0.15) is 34.1 Å². The molecule has 2 aromatic carbocycles. The Morgan fingerprint density at radius 3 is 2.56 bits per heavy atom. The third-order valence-corrected chi connectivity index (χ3v) is 5.38. The van der Waals surface area contributed by atoms with Crippen molar-refractivity contribution in [3.63, 3.8) is 0 Å². The topological polar surface area (TPSA) is 134 Å². The maximum atomic E-state index is 13.2. The molecule has 3 rings (SSSR count). The molecule has 8 heteroatoms. The van der Waals surface area contributed by atoms with E-state index in [1.807, 2.05) is 36.4 Å². The van der Waals surface area contributed by atoms with Crippen LogP contribution in [0.3, 0.4) is 0 Å². The summed E-state index contributed by atoms with van der Waals surface area (Å²) < 4.78 is 5.00. The summed E-state index contributed by atoms with van der Waals surface area (Å²) in [6.45, 7) is 3.55. The lowest BCUT2D eigenvalue weighted by molar-refractivity contribution is -0.146. The summed E-state index contributed by atoms with van der Waals surface area (Å²) in [6, 6.07) is 16.0. The number of hydrogen-bond acceptors (Lipinski definition) is 5. The van der Waals surface area contributed by atoms with Crippen LogP contribution >= 0.6 is 0 Å². The van der Waals surface area contributed by atoms with Crippen LogP contribution in [-0.2, 0) is 16.0 Å². The quantitative estimate of drug-likeness (QED) is 0.246. The van der Waals surface area contributed by atoms with Gasteiger partial charge in [-0.25, -0.2) is 0 Å². The summed E-state index contributed by atoms with van der Waals surface area (Å²) in [7, 11) is 1.32. The molecule has 0 saturated carbocycles. The number of nitrogens with one attached hydrogen (secondary N) is 3. The number of amides is 1. The Hall–Kier alpha value is -3.94. The first-order valence-corrected chi connectivity index (χ1v) is 10.2. The van der Waals surface area contributed by atoms with Gasteiger partial charge in [0.2, 0.25) is 0 Å². The lowest BCUT2D eigenvalue weighted by atomic mass is 9.91. The lowest BCUT2D eigenvalue weighted by Crippen LogP contribution is -2.43. The van der Waals surface area contributed by atoms with Crippen molar-refractivity contribution in [1.29, 1.82) is 5.41 Å². The molecule has 1 aromatic heterocycles. The number of rotatable bonds is 8. The van der Waals surface area contributed by atoms with Crippen LogP contribution < -0.4 is 11.1 Å². The van der Waals surface area contributed by atoms with Gasteiger partial charge in [0.25, 0.3) is 5.91 Å². The van der Waals surface area contributed by atoms with E-state index in [-0.39, 0.29) is 11.7 Å². The summed E-state index contributed by atoms with van der Waals surface area (Å²) in [5, 5.41) is 17.7. The molecule has 0 spiro atoms. The highest BCUT2D eigenvalue weighted by Gasteiger charge is 2.29. The van der Waals surface area contributed by atoms with Gasteiger partial charge < -0.3 is 15.8 Å². The molecule has 0 saturated heterocycles. The average molecular weight is 434 g/mol. The number of nitrogen functional groups attached to an aromatic ring is 1. The Labute approximate surface area is 186 Å². The second-order valence-corrected chi connectivity index (χ2v) is 7.65. The summed E-state index contributed by atoms with van der Waals surface area (Å²) in [4.78, 5) is 25.7. The number of aryl methyl sites for hydroxylation is 1. The molecule has 8 nitrogen and oxygen atoms in total. The first-order valence-electron chi connectivity index (χ1n) is 10.2. The molecule has 3 aromatic rings. The number of carbonyl (C=O) groups excluding carboxylic acids is 2. The zero-order valence-corrected chi connectivity index (χ0v) is 18.3. The van der Waals surface area contributed by atoms with Crippen LogP contribution in [0.25, 0.3) is 11.3 Å². The van der Waals surface area contributed by atoms with Gasteiger partial charge in [-0.2, -0.15) is 5.10 Å². The second kappa shape index (κ2) is 9.91. The van der Waals surface area contributed by atoms with E-state index in [1.54, 1.807) is 32.0 Å². The van der Waals surface area contributed by atoms with Crippen molar-refractivity contribution in [3.8, 4) is 11.3 Å². The van der Waals surface area contributed by atoms with Crippen molar-refractivity contribution < 1.29 is 14.3 Å². The van der Waals surface area contributed by atoms with Crippen LogP contribution in [0, 0.1) is 18.3 Å². The van der Waals surface area contributed by atoms with Crippen LogP contribution in [0.4, 0.5) is 0 Å². The Bertz CT molecular complexity index is 1120. The van der Waals surface area contributed by atoms with Crippen molar-refractivity contribution in [2.45, 2.75) is 26.3 Å². The Kier molecular flexibility index (Phi) is 7.04. The van der Waals surface area contributed by atoms with Gasteiger partial charge >= 0.3 is 5.97 Å². The Morgan fingerprint density at radius 1 is 1.19 bits per heavy atom. The van der Waals surface area contributed by atoms with Gasteiger partial charge in [-0.1, -0.05) is 48.5 Å². The molecule has 32 heavy (non-hydrogen) atoms. The number of carbonyl (C=O) groups is 2. The molecule has 0 bridgehead atoms. The molecule has 2 atom stereocenters. The molecule has 2 unspecified atom stereocenters. The minimum absolute atomic E-state index is 0.0494. The van der Waals surface area contributed by atoms with Crippen LogP contribution in [0.15, 0.2) is 54.6 Å². The standard InChI is InChI=1S/C24H27N5O3/c1-14(19(24(31)32-3)13-16-8-7-11-18(12-16)22(25)26)27-23(30)20-15(2)28-29-21(20)17-9-5-4-6-10-17/h4-12,14,19H,13H2,1-3H3,(H3,25,26)(H,27,30)(H,28,29). The number of methoxy groups -OCH3 is 1.